The lowest BCUT2D eigenvalue weighted by atomic mass is 10.2. The molecule has 4 nitrogen and oxygen atoms in total. The Kier molecular flexibility index (Phi) is 1.53. The highest BCUT2D eigenvalue weighted by molar-refractivity contribution is 5.96. The molecule has 51 valence electrons. The highest BCUT2D eigenvalue weighted by atomic mass is 16.1. The minimum atomic E-state index is -0.606. The smallest absolute Gasteiger partial charge is 0.253 e. The number of pyridine rings is 1. The maximum atomic E-state index is 10.5. The van der Waals surface area contributed by atoms with Crippen LogP contribution in [0.3, 0.4) is 0 Å². The van der Waals surface area contributed by atoms with E-state index in [2.05, 4.69) is 11.1 Å². The Balaban J connectivity index is 3.15. The van der Waals surface area contributed by atoms with Crippen LogP contribution in [0.15, 0.2) is 12.3 Å². The van der Waals surface area contributed by atoms with Crippen LogP contribution in [0, 0.1) is 6.07 Å². The molecule has 0 bridgehead atoms. The summed E-state index contributed by atoms with van der Waals surface area (Å²) in [5.74, 6) is -0.486. The van der Waals surface area contributed by atoms with Gasteiger partial charge in [-0.2, -0.15) is 0 Å². The van der Waals surface area contributed by atoms with Crippen LogP contribution in [0.5, 0.6) is 0 Å². The number of nitrogens with two attached hydrogens (primary N) is 2. The number of carbonyl (C=O) groups excluding carboxylic acids is 1. The predicted molar refractivity (Wildman–Crippen MR) is 36.0 cm³/mol. The van der Waals surface area contributed by atoms with Crippen LogP contribution < -0.4 is 11.5 Å². The number of hydrogen-bond acceptors (Lipinski definition) is 3. The van der Waals surface area contributed by atoms with Gasteiger partial charge in [-0.3, -0.25) is 4.79 Å². The van der Waals surface area contributed by atoms with Crippen LogP contribution in [0.2, 0.25) is 0 Å². The van der Waals surface area contributed by atoms with E-state index in [0.717, 1.165) is 0 Å². The van der Waals surface area contributed by atoms with Crippen molar-refractivity contribution in [2.75, 3.05) is 5.73 Å². The molecule has 0 spiro atoms. The average molecular weight is 136 g/mol. The summed E-state index contributed by atoms with van der Waals surface area (Å²) in [6.07, 6.45) is 1.45. The van der Waals surface area contributed by atoms with E-state index in [0.29, 0.717) is 0 Å². The van der Waals surface area contributed by atoms with Crippen LogP contribution in [-0.4, -0.2) is 10.9 Å². The van der Waals surface area contributed by atoms with E-state index in [1.807, 2.05) is 0 Å². The fourth-order valence-corrected chi connectivity index (χ4v) is 0.574. The summed E-state index contributed by atoms with van der Waals surface area (Å²) in [4.78, 5) is 14.1. The number of nitrogen functional groups attached to an aromatic ring is 1. The Morgan fingerprint density at radius 2 is 2.40 bits per heavy atom. The maximum Gasteiger partial charge on any atom is 0.253 e. The highest BCUT2D eigenvalue weighted by Crippen LogP contribution is 2.03. The lowest BCUT2D eigenvalue weighted by Gasteiger charge is -1.95. The van der Waals surface area contributed by atoms with Crippen LogP contribution in [0.4, 0.5) is 5.82 Å². The SMILES string of the molecule is NC(=O)c1[c]ccnc1N. The predicted octanol–water partition coefficient (Wildman–Crippen LogP) is -0.437. The number of rotatable bonds is 1. The van der Waals surface area contributed by atoms with Crippen molar-refractivity contribution in [2.24, 2.45) is 5.73 Å². The Morgan fingerprint density at radius 3 is 2.80 bits per heavy atom. The normalized spacial score (nSPS) is 9.20. The Bertz CT molecular complexity index is 259. The Labute approximate surface area is 57.9 Å². The summed E-state index contributed by atoms with van der Waals surface area (Å²) in [5.41, 5.74) is 10.3. The second-order valence-electron chi connectivity index (χ2n) is 1.71. The van der Waals surface area contributed by atoms with Crippen molar-refractivity contribution in [2.45, 2.75) is 0 Å². The van der Waals surface area contributed by atoms with Crippen molar-refractivity contribution in [1.29, 1.82) is 0 Å². The Hall–Kier alpha value is -1.58. The molecule has 4 heteroatoms. The molecule has 1 radical (unpaired) electrons. The number of nitrogens with zero attached hydrogens (tertiary/aromatic N) is 1. The molecule has 1 aromatic heterocycles. The summed E-state index contributed by atoms with van der Waals surface area (Å²) >= 11 is 0. The molecule has 0 saturated carbocycles. The van der Waals surface area contributed by atoms with E-state index in [1.165, 1.54) is 12.3 Å². The van der Waals surface area contributed by atoms with Crippen molar-refractivity contribution in [3.8, 4) is 0 Å². The third-order valence-electron chi connectivity index (χ3n) is 1.02. The first kappa shape index (κ1) is 6.54. The average Bonchev–Trinajstić information content (AvgIpc) is 1.88. The first-order chi connectivity index (χ1) is 4.72. The van der Waals surface area contributed by atoms with Gasteiger partial charge in [-0.15, -0.1) is 0 Å². The molecule has 1 heterocycles. The molecule has 0 aliphatic heterocycles. The number of carbonyl (C=O) groups is 1. The summed E-state index contributed by atoms with van der Waals surface area (Å²) in [5, 5.41) is 0. The fourth-order valence-electron chi connectivity index (χ4n) is 0.574. The first-order valence-electron chi connectivity index (χ1n) is 2.64. The summed E-state index contributed by atoms with van der Waals surface area (Å²) in [6, 6.07) is 4.06. The molecule has 0 fully saturated rings. The minimum Gasteiger partial charge on any atom is -0.383 e. The first-order valence-corrected chi connectivity index (χ1v) is 2.64. The van der Waals surface area contributed by atoms with Gasteiger partial charge in [0.2, 0.25) is 0 Å². The molecule has 1 aromatic rings. The van der Waals surface area contributed by atoms with Gasteiger partial charge in [0.05, 0.1) is 5.56 Å². The van der Waals surface area contributed by atoms with Crippen molar-refractivity contribution in [3.05, 3.63) is 23.9 Å². The molecule has 1 amide bonds. The largest absolute Gasteiger partial charge is 0.383 e. The van der Waals surface area contributed by atoms with Crippen molar-refractivity contribution >= 4 is 11.7 Å². The lowest BCUT2D eigenvalue weighted by Crippen LogP contribution is -2.14. The molecule has 1 rings (SSSR count). The van der Waals surface area contributed by atoms with Crippen molar-refractivity contribution in [3.63, 3.8) is 0 Å². The second-order valence-corrected chi connectivity index (χ2v) is 1.71. The number of hydrogen-bond donors (Lipinski definition) is 2. The van der Waals surface area contributed by atoms with Gasteiger partial charge in [0, 0.05) is 12.3 Å². The maximum absolute atomic E-state index is 10.5. The minimum absolute atomic E-state index is 0.120. The quantitative estimate of drug-likeness (QED) is 0.549. The van der Waals surface area contributed by atoms with Crippen molar-refractivity contribution in [1.82, 2.24) is 4.98 Å². The summed E-state index contributed by atoms with van der Waals surface area (Å²) < 4.78 is 0. The zero-order valence-electron chi connectivity index (χ0n) is 5.16. The standard InChI is InChI=1S/C6H6N3O/c7-5-4(6(8)10)2-1-3-9-5/h1,3H,(H2,7,9)(H2,8,10). The molecule has 4 N–H and O–H groups in total. The number of primary amides is 1. The fraction of sp³-hybridized carbons (Fsp3) is 0. The van der Waals surface area contributed by atoms with Gasteiger partial charge in [0.1, 0.15) is 5.82 Å². The van der Waals surface area contributed by atoms with Crippen LogP contribution in [0.1, 0.15) is 10.4 Å². The zero-order valence-corrected chi connectivity index (χ0v) is 5.16. The highest BCUT2D eigenvalue weighted by Gasteiger charge is 2.03. The molecule has 0 aromatic carbocycles. The van der Waals surface area contributed by atoms with Gasteiger partial charge >= 0.3 is 0 Å². The molecule has 10 heavy (non-hydrogen) atoms. The van der Waals surface area contributed by atoms with Crippen LogP contribution in [0.25, 0.3) is 0 Å². The van der Waals surface area contributed by atoms with Crippen molar-refractivity contribution < 1.29 is 4.79 Å². The van der Waals surface area contributed by atoms with E-state index < -0.39 is 5.91 Å². The molecule has 0 aliphatic carbocycles. The molecule has 0 unspecified atom stereocenters. The number of amides is 1. The van der Waals surface area contributed by atoms with Crippen LogP contribution >= 0.6 is 0 Å². The summed E-state index contributed by atoms with van der Waals surface area (Å²) in [6.45, 7) is 0. The van der Waals surface area contributed by atoms with E-state index in [-0.39, 0.29) is 11.4 Å². The van der Waals surface area contributed by atoms with Gasteiger partial charge < -0.3 is 11.5 Å². The Morgan fingerprint density at radius 1 is 1.70 bits per heavy atom. The van der Waals surface area contributed by atoms with E-state index in [4.69, 9.17) is 11.5 Å². The lowest BCUT2D eigenvalue weighted by molar-refractivity contribution is 0.100. The third-order valence-corrected chi connectivity index (χ3v) is 1.02. The second kappa shape index (κ2) is 2.34. The van der Waals surface area contributed by atoms with Gasteiger partial charge in [-0.05, 0) is 6.07 Å². The topological polar surface area (TPSA) is 82.0 Å². The molecular weight excluding hydrogens is 130 g/mol. The summed E-state index contributed by atoms with van der Waals surface area (Å²) in [7, 11) is 0. The monoisotopic (exact) mass is 136 g/mol. The molecule has 0 atom stereocenters. The van der Waals surface area contributed by atoms with Gasteiger partial charge in [-0.1, -0.05) is 0 Å². The molecular formula is C6H6N3O. The molecule has 0 aliphatic rings. The van der Waals surface area contributed by atoms with E-state index >= 15 is 0 Å². The third kappa shape index (κ3) is 1.05. The molecule has 0 saturated heterocycles. The zero-order chi connectivity index (χ0) is 7.56. The number of aromatic nitrogens is 1. The van der Waals surface area contributed by atoms with Gasteiger partial charge in [0.25, 0.3) is 5.91 Å². The van der Waals surface area contributed by atoms with E-state index in [9.17, 15) is 4.79 Å². The van der Waals surface area contributed by atoms with Gasteiger partial charge in [0.15, 0.2) is 0 Å². The number of anilines is 1. The van der Waals surface area contributed by atoms with Crippen LogP contribution in [-0.2, 0) is 0 Å². The van der Waals surface area contributed by atoms with Gasteiger partial charge in [-0.25, -0.2) is 4.98 Å². The van der Waals surface area contributed by atoms with E-state index in [1.54, 1.807) is 0 Å².